The molecule has 2 rings (SSSR count). The van der Waals surface area contributed by atoms with Gasteiger partial charge in [-0.05, 0) is 37.1 Å². The van der Waals surface area contributed by atoms with Crippen LogP contribution in [0.15, 0.2) is 36.4 Å². The highest BCUT2D eigenvalue weighted by atomic mass is 35.5. The third-order valence-corrected chi connectivity index (χ3v) is 3.12. The van der Waals surface area contributed by atoms with Gasteiger partial charge < -0.3 is 9.84 Å². The molecular formula is C15H13ClO3. The molecule has 2 aromatic carbocycles. The number of rotatable bonds is 3. The van der Waals surface area contributed by atoms with Crippen LogP contribution in [0.25, 0.3) is 0 Å². The van der Waals surface area contributed by atoms with E-state index in [0.29, 0.717) is 5.75 Å². The first-order valence-electron chi connectivity index (χ1n) is 5.76. The molecule has 0 spiro atoms. The summed E-state index contributed by atoms with van der Waals surface area (Å²) in [5, 5.41) is 9.36. The van der Waals surface area contributed by atoms with Crippen molar-refractivity contribution in [3.63, 3.8) is 0 Å². The van der Waals surface area contributed by atoms with Crippen molar-refractivity contribution in [1.82, 2.24) is 0 Å². The lowest BCUT2D eigenvalue weighted by Crippen LogP contribution is -2.02. The normalized spacial score (nSPS) is 10.3. The van der Waals surface area contributed by atoms with E-state index in [2.05, 4.69) is 0 Å². The van der Waals surface area contributed by atoms with Crippen LogP contribution in [-0.4, -0.2) is 11.1 Å². The lowest BCUT2D eigenvalue weighted by Gasteiger charge is -2.13. The summed E-state index contributed by atoms with van der Waals surface area (Å²) >= 11 is 5.91. The van der Waals surface area contributed by atoms with Crippen LogP contribution < -0.4 is 4.74 Å². The molecule has 0 fully saturated rings. The lowest BCUT2D eigenvalue weighted by molar-refractivity contribution is 0.0694. The van der Waals surface area contributed by atoms with Crippen molar-refractivity contribution < 1.29 is 14.6 Å². The molecule has 0 unspecified atom stereocenters. The minimum Gasteiger partial charge on any atom is -0.478 e. The van der Waals surface area contributed by atoms with Gasteiger partial charge in [-0.3, -0.25) is 0 Å². The molecule has 0 aliphatic carbocycles. The minimum absolute atomic E-state index is 0.0215. The largest absolute Gasteiger partial charge is 0.478 e. The molecule has 0 aliphatic heterocycles. The minimum atomic E-state index is -1.10. The van der Waals surface area contributed by atoms with Crippen molar-refractivity contribution >= 4 is 17.6 Å². The summed E-state index contributed by atoms with van der Waals surface area (Å²) < 4.78 is 5.75. The van der Waals surface area contributed by atoms with Crippen LogP contribution in [0, 0.1) is 13.8 Å². The van der Waals surface area contributed by atoms with Gasteiger partial charge in [0.25, 0.3) is 0 Å². The second kappa shape index (κ2) is 5.33. The topological polar surface area (TPSA) is 46.5 Å². The van der Waals surface area contributed by atoms with Crippen molar-refractivity contribution in [2.24, 2.45) is 0 Å². The Kier molecular flexibility index (Phi) is 3.76. The van der Waals surface area contributed by atoms with Crippen molar-refractivity contribution in [2.45, 2.75) is 13.8 Å². The molecule has 0 saturated heterocycles. The number of carboxylic acids is 1. The van der Waals surface area contributed by atoms with E-state index < -0.39 is 5.97 Å². The Morgan fingerprint density at radius 2 is 1.68 bits per heavy atom. The quantitative estimate of drug-likeness (QED) is 0.901. The number of aryl methyl sites for hydroxylation is 2. The van der Waals surface area contributed by atoms with Crippen LogP contribution in [0.5, 0.6) is 11.5 Å². The number of hydrogen-bond acceptors (Lipinski definition) is 2. The molecule has 0 heterocycles. The average molecular weight is 277 g/mol. The van der Waals surface area contributed by atoms with E-state index in [0.717, 1.165) is 11.1 Å². The van der Waals surface area contributed by atoms with Gasteiger partial charge in [-0.1, -0.05) is 35.9 Å². The summed E-state index contributed by atoms with van der Waals surface area (Å²) in [5.41, 5.74) is 1.86. The summed E-state index contributed by atoms with van der Waals surface area (Å²) in [4.78, 5) is 11.2. The molecule has 3 nitrogen and oxygen atoms in total. The number of ether oxygens (including phenoxy) is 1. The first-order chi connectivity index (χ1) is 9.00. The predicted molar refractivity (Wildman–Crippen MR) is 74.4 cm³/mol. The number of para-hydroxylation sites is 1. The molecule has 1 N–H and O–H groups in total. The molecule has 0 aliphatic rings. The zero-order valence-electron chi connectivity index (χ0n) is 10.6. The second-order valence-electron chi connectivity index (χ2n) is 4.24. The number of aromatic carboxylic acids is 1. The molecule has 0 saturated carbocycles. The maximum absolute atomic E-state index is 11.2. The fourth-order valence-electron chi connectivity index (χ4n) is 1.87. The molecule has 0 amide bonds. The Morgan fingerprint density at radius 1 is 1.11 bits per heavy atom. The summed E-state index contributed by atoms with van der Waals surface area (Å²) in [6.45, 7) is 3.82. The van der Waals surface area contributed by atoms with Crippen molar-refractivity contribution in [2.75, 3.05) is 0 Å². The predicted octanol–water partition coefficient (Wildman–Crippen LogP) is 4.45. The molecule has 0 aromatic heterocycles. The average Bonchev–Trinajstić information content (AvgIpc) is 2.33. The summed E-state index contributed by atoms with van der Waals surface area (Å²) in [6.07, 6.45) is 0. The van der Waals surface area contributed by atoms with Gasteiger partial charge in [-0.25, -0.2) is 4.79 Å². The monoisotopic (exact) mass is 276 g/mol. The Labute approximate surface area is 116 Å². The third-order valence-electron chi connectivity index (χ3n) is 2.81. The van der Waals surface area contributed by atoms with Gasteiger partial charge in [0.15, 0.2) is 0 Å². The van der Waals surface area contributed by atoms with E-state index in [1.807, 2.05) is 32.0 Å². The first-order valence-corrected chi connectivity index (χ1v) is 6.14. The van der Waals surface area contributed by atoms with Crippen LogP contribution in [0.2, 0.25) is 5.02 Å². The smallest absolute Gasteiger partial charge is 0.341 e. The highest BCUT2D eigenvalue weighted by Gasteiger charge is 2.17. The van der Waals surface area contributed by atoms with E-state index in [1.54, 1.807) is 12.1 Å². The van der Waals surface area contributed by atoms with E-state index >= 15 is 0 Å². The molecule has 0 bridgehead atoms. The van der Waals surface area contributed by atoms with Gasteiger partial charge >= 0.3 is 5.97 Å². The van der Waals surface area contributed by atoms with Crippen LogP contribution in [0.3, 0.4) is 0 Å². The van der Waals surface area contributed by atoms with E-state index in [-0.39, 0.29) is 16.3 Å². The standard InChI is InChI=1S/C15H13ClO3/c1-9-5-3-6-10(2)14(9)19-12-8-4-7-11(16)13(12)15(17)18/h3-8H,1-2H3,(H,17,18). The summed E-state index contributed by atoms with van der Waals surface area (Å²) in [7, 11) is 0. The van der Waals surface area contributed by atoms with E-state index in [1.165, 1.54) is 6.07 Å². The Bertz CT molecular complexity index is 615. The summed E-state index contributed by atoms with van der Waals surface area (Å²) in [6, 6.07) is 10.5. The second-order valence-corrected chi connectivity index (χ2v) is 4.65. The first kappa shape index (κ1) is 13.4. The number of carbonyl (C=O) groups is 1. The zero-order valence-corrected chi connectivity index (χ0v) is 11.4. The van der Waals surface area contributed by atoms with Crippen LogP contribution in [0.1, 0.15) is 21.5 Å². The Hall–Kier alpha value is -2.00. The van der Waals surface area contributed by atoms with Crippen molar-refractivity contribution in [3.05, 3.63) is 58.1 Å². The lowest BCUT2D eigenvalue weighted by atomic mass is 10.1. The maximum atomic E-state index is 11.2. The molecular weight excluding hydrogens is 264 g/mol. The van der Waals surface area contributed by atoms with E-state index in [4.69, 9.17) is 16.3 Å². The number of benzene rings is 2. The molecule has 0 atom stereocenters. The molecule has 0 radical (unpaired) electrons. The highest BCUT2D eigenvalue weighted by Crippen LogP contribution is 2.33. The van der Waals surface area contributed by atoms with Gasteiger partial charge in [0.2, 0.25) is 0 Å². The molecule has 4 heteroatoms. The number of halogens is 1. The maximum Gasteiger partial charge on any atom is 0.341 e. The SMILES string of the molecule is Cc1cccc(C)c1Oc1cccc(Cl)c1C(=O)O. The van der Waals surface area contributed by atoms with E-state index in [9.17, 15) is 9.90 Å². The third kappa shape index (κ3) is 2.71. The molecule has 2 aromatic rings. The van der Waals surface area contributed by atoms with Gasteiger partial charge in [0, 0.05) is 0 Å². The van der Waals surface area contributed by atoms with Crippen molar-refractivity contribution in [1.29, 1.82) is 0 Å². The van der Waals surface area contributed by atoms with Gasteiger partial charge in [-0.15, -0.1) is 0 Å². The number of carboxylic acid groups (broad SMARTS) is 1. The molecule has 98 valence electrons. The van der Waals surface area contributed by atoms with Crippen molar-refractivity contribution in [3.8, 4) is 11.5 Å². The highest BCUT2D eigenvalue weighted by molar-refractivity contribution is 6.33. The van der Waals surface area contributed by atoms with Crippen LogP contribution in [-0.2, 0) is 0 Å². The van der Waals surface area contributed by atoms with Gasteiger partial charge in [0.05, 0.1) is 5.02 Å². The fourth-order valence-corrected chi connectivity index (χ4v) is 2.11. The Morgan fingerprint density at radius 3 is 2.26 bits per heavy atom. The van der Waals surface area contributed by atoms with Gasteiger partial charge in [0.1, 0.15) is 17.1 Å². The Balaban J connectivity index is 2.50. The number of hydrogen-bond donors (Lipinski definition) is 1. The van der Waals surface area contributed by atoms with Crippen LogP contribution in [0.4, 0.5) is 0 Å². The summed E-state index contributed by atoms with van der Waals surface area (Å²) in [5.74, 6) is -0.198. The van der Waals surface area contributed by atoms with Crippen LogP contribution >= 0.6 is 11.6 Å². The van der Waals surface area contributed by atoms with Gasteiger partial charge in [-0.2, -0.15) is 0 Å². The molecule has 19 heavy (non-hydrogen) atoms. The fraction of sp³-hybridized carbons (Fsp3) is 0.133. The zero-order chi connectivity index (χ0) is 14.0.